The maximum Gasteiger partial charge on any atom is 0.271 e. The number of amides is 1. The largest absolute Gasteiger partial charge is 0.271 e. The normalized spacial score (nSPS) is 12.1. The molecule has 0 aliphatic heterocycles. The predicted molar refractivity (Wildman–Crippen MR) is 99.0 cm³/mol. The minimum absolute atomic E-state index is 0.0747. The Morgan fingerprint density at radius 3 is 2.00 bits per heavy atom. The summed E-state index contributed by atoms with van der Waals surface area (Å²) in [7, 11) is 0. The molecule has 3 nitrogen and oxygen atoms in total. The minimum atomic E-state index is -0.207. The molecule has 0 aromatic heterocycles. The molecule has 2 aromatic rings. The van der Waals surface area contributed by atoms with Gasteiger partial charge in [0.05, 0.1) is 5.71 Å². The van der Waals surface area contributed by atoms with Crippen molar-refractivity contribution in [2.45, 2.75) is 33.1 Å². The van der Waals surface area contributed by atoms with Gasteiger partial charge in [-0.3, -0.25) is 4.79 Å². The van der Waals surface area contributed by atoms with Crippen LogP contribution in [0.25, 0.3) is 0 Å². The second-order valence-electron chi connectivity index (χ2n) is 6.47. The number of hydrogen-bond donors (Lipinski definition) is 1. The van der Waals surface area contributed by atoms with Crippen LogP contribution in [0.1, 0.15) is 49.2 Å². The van der Waals surface area contributed by atoms with Gasteiger partial charge >= 0.3 is 0 Å². The number of carbonyl (C=O) groups is 1. The molecule has 0 fully saturated rings. The minimum Gasteiger partial charge on any atom is -0.267 e. The molecular formula is C19H21BrN2O. The van der Waals surface area contributed by atoms with Crippen molar-refractivity contribution in [3.05, 3.63) is 69.7 Å². The lowest BCUT2D eigenvalue weighted by atomic mass is 9.87. The highest BCUT2D eigenvalue weighted by atomic mass is 79.9. The molecule has 0 heterocycles. The Bertz CT molecular complexity index is 711. The molecule has 0 spiro atoms. The van der Waals surface area contributed by atoms with Crippen LogP contribution in [0.5, 0.6) is 0 Å². The van der Waals surface area contributed by atoms with Crippen molar-refractivity contribution in [2.75, 3.05) is 0 Å². The lowest BCUT2D eigenvalue weighted by Gasteiger charge is -2.18. The molecule has 1 N–H and O–H groups in total. The van der Waals surface area contributed by atoms with Crippen molar-refractivity contribution in [2.24, 2.45) is 5.10 Å². The summed E-state index contributed by atoms with van der Waals surface area (Å²) in [6.45, 7) is 8.31. The Labute approximate surface area is 145 Å². The topological polar surface area (TPSA) is 41.5 Å². The second-order valence-corrected chi connectivity index (χ2v) is 7.39. The van der Waals surface area contributed by atoms with Gasteiger partial charge in [0.25, 0.3) is 5.91 Å². The highest BCUT2D eigenvalue weighted by Crippen LogP contribution is 2.22. The molecule has 0 aliphatic carbocycles. The number of carbonyl (C=O) groups excluding carboxylic acids is 1. The van der Waals surface area contributed by atoms with Gasteiger partial charge in [0.2, 0.25) is 0 Å². The Hall–Kier alpha value is -1.94. The van der Waals surface area contributed by atoms with Crippen molar-refractivity contribution in [1.82, 2.24) is 5.43 Å². The summed E-state index contributed by atoms with van der Waals surface area (Å²) in [4.78, 5) is 12.2. The van der Waals surface area contributed by atoms with Gasteiger partial charge in [-0.25, -0.2) is 5.43 Å². The van der Waals surface area contributed by atoms with E-state index < -0.39 is 0 Å². The van der Waals surface area contributed by atoms with Gasteiger partial charge in [0, 0.05) is 10.0 Å². The average Bonchev–Trinajstić information content (AvgIpc) is 2.52. The van der Waals surface area contributed by atoms with Crippen LogP contribution in [-0.2, 0) is 5.41 Å². The molecule has 0 atom stereocenters. The van der Waals surface area contributed by atoms with E-state index in [-0.39, 0.29) is 11.3 Å². The molecule has 2 aromatic carbocycles. The van der Waals surface area contributed by atoms with Crippen LogP contribution in [0.15, 0.2) is 58.1 Å². The number of nitrogens with zero attached hydrogens (tertiary/aromatic N) is 1. The van der Waals surface area contributed by atoms with Gasteiger partial charge in [-0.15, -0.1) is 0 Å². The monoisotopic (exact) mass is 372 g/mol. The molecule has 23 heavy (non-hydrogen) atoms. The molecule has 2 rings (SSSR count). The molecule has 0 radical (unpaired) electrons. The molecule has 4 heteroatoms. The third-order valence-electron chi connectivity index (χ3n) is 3.60. The van der Waals surface area contributed by atoms with E-state index in [9.17, 15) is 4.79 Å². The standard InChI is InChI=1S/C19H21BrN2O/c1-13(14-7-11-17(20)12-8-14)21-22-18(23)15-5-9-16(10-6-15)19(2,3)4/h5-12H,1-4H3,(H,22,23)/b21-13-. The summed E-state index contributed by atoms with van der Waals surface area (Å²) in [6.07, 6.45) is 0. The van der Waals surface area contributed by atoms with Gasteiger partial charge < -0.3 is 0 Å². The fourth-order valence-electron chi connectivity index (χ4n) is 2.08. The fourth-order valence-corrected chi connectivity index (χ4v) is 2.34. The zero-order valence-corrected chi connectivity index (χ0v) is 15.4. The smallest absolute Gasteiger partial charge is 0.267 e. The first-order valence-electron chi connectivity index (χ1n) is 7.48. The molecule has 0 unspecified atom stereocenters. The van der Waals surface area contributed by atoms with Crippen molar-refractivity contribution >= 4 is 27.5 Å². The molecule has 0 bridgehead atoms. The van der Waals surface area contributed by atoms with Crippen molar-refractivity contribution in [3.63, 3.8) is 0 Å². The number of halogens is 1. The van der Waals surface area contributed by atoms with Crippen LogP contribution in [-0.4, -0.2) is 11.6 Å². The molecule has 0 saturated heterocycles. The van der Waals surface area contributed by atoms with Gasteiger partial charge in [0.1, 0.15) is 0 Å². The van der Waals surface area contributed by atoms with E-state index in [1.165, 1.54) is 5.56 Å². The lowest BCUT2D eigenvalue weighted by molar-refractivity contribution is 0.0955. The molecule has 0 saturated carbocycles. The van der Waals surface area contributed by atoms with Crippen LogP contribution in [0.3, 0.4) is 0 Å². The van der Waals surface area contributed by atoms with Gasteiger partial charge in [0.15, 0.2) is 0 Å². The van der Waals surface area contributed by atoms with E-state index >= 15 is 0 Å². The second kappa shape index (κ2) is 7.09. The highest BCUT2D eigenvalue weighted by molar-refractivity contribution is 9.10. The SMILES string of the molecule is C/C(=N/NC(=O)c1ccc(C(C)(C)C)cc1)c1ccc(Br)cc1. The number of hydrogen-bond acceptors (Lipinski definition) is 2. The number of nitrogens with one attached hydrogen (secondary N) is 1. The zero-order valence-electron chi connectivity index (χ0n) is 13.9. The highest BCUT2D eigenvalue weighted by Gasteiger charge is 2.14. The Morgan fingerprint density at radius 1 is 0.957 bits per heavy atom. The van der Waals surface area contributed by atoms with Crippen molar-refractivity contribution in [1.29, 1.82) is 0 Å². The molecule has 120 valence electrons. The Balaban J connectivity index is 2.07. The summed E-state index contributed by atoms with van der Waals surface area (Å²) < 4.78 is 1.01. The summed E-state index contributed by atoms with van der Waals surface area (Å²) in [5.41, 5.74) is 6.21. The summed E-state index contributed by atoms with van der Waals surface area (Å²) in [5.74, 6) is -0.207. The van der Waals surface area contributed by atoms with Crippen LogP contribution < -0.4 is 5.43 Å². The summed E-state index contributed by atoms with van der Waals surface area (Å²) >= 11 is 3.40. The maximum absolute atomic E-state index is 12.2. The van der Waals surface area contributed by atoms with E-state index in [1.54, 1.807) is 0 Å². The molecular weight excluding hydrogens is 352 g/mol. The molecule has 1 amide bonds. The first-order valence-corrected chi connectivity index (χ1v) is 8.28. The fraction of sp³-hybridized carbons (Fsp3) is 0.263. The average molecular weight is 373 g/mol. The molecule has 0 aliphatic rings. The summed E-state index contributed by atoms with van der Waals surface area (Å²) in [5, 5.41) is 4.17. The quantitative estimate of drug-likeness (QED) is 0.603. The third kappa shape index (κ3) is 4.76. The lowest BCUT2D eigenvalue weighted by Crippen LogP contribution is -2.20. The summed E-state index contributed by atoms with van der Waals surface area (Å²) in [6, 6.07) is 15.4. The van der Waals surface area contributed by atoms with Crippen LogP contribution in [0.2, 0.25) is 0 Å². The number of benzene rings is 2. The zero-order chi connectivity index (χ0) is 17.0. The Morgan fingerprint density at radius 2 is 1.48 bits per heavy atom. The van der Waals surface area contributed by atoms with E-state index in [1.807, 2.05) is 55.5 Å². The number of hydrazone groups is 1. The van der Waals surface area contributed by atoms with E-state index in [0.29, 0.717) is 5.56 Å². The van der Waals surface area contributed by atoms with E-state index in [4.69, 9.17) is 0 Å². The van der Waals surface area contributed by atoms with Crippen molar-refractivity contribution < 1.29 is 4.79 Å². The first kappa shape index (κ1) is 17.4. The van der Waals surface area contributed by atoms with Gasteiger partial charge in [-0.1, -0.05) is 61.0 Å². The van der Waals surface area contributed by atoms with Crippen LogP contribution in [0, 0.1) is 0 Å². The maximum atomic E-state index is 12.2. The van der Waals surface area contributed by atoms with E-state index in [0.717, 1.165) is 15.7 Å². The van der Waals surface area contributed by atoms with E-state index in [2.05, 4.69) is 47.2 Å². The van der Waals surface area contributed by atoms with Crippen LogP contribution >= 0.6 is 15.9 Å². The van der Waals surface area contributed by atoms with Crippen LogP contribution in [0.4, 0.5) is 0 Å². The number of rotatable bonds is 3. The van der Waals surface area contributed by atoms with Crippen molar-refractivity contribution in [3.8, 4) is 0 Å². The third-order valence-corrected chi connectivity index (χ3v) is 4.13. The predicted octanol–water partition coefficient (Wildman–Crippen LogP) is 4.90. The van der Waals surface area contributed by atoms with Gasteiger partial charge in [-0.2, -0.15) is 5.10 Å². The first-order chi connectivity index (χ1) is 10.8. The Kier molecular flexibility index (Phi) is 5.37. The van der Waals surface area contributed by atoms with Gasteiger partial charge in [-0.05, 0) is 47.7 Å².